The highest BCUT2D eigenvalue weighted by Crippen LogP contribution is 2.42. The van der Waals surface area contributed by atoms with Crippen LogP contribution < -0.4 is 18.9 Å². The summed E-state index contributed by atoms with van der Waals surface area (Å²) >= 11 is 0. The quantitative estimate of drug-likeness (QED) is 0.0123. The number of aliphatic hydroxyl groups excluding tert-OH is 4. The van der Waals surface area contributed by atoms with E-state index in [1.807, 2.05) is 0 Å². The minimum Gasteiger partial charge on any atom is -0.493 e. The molecule has 16 heteroatoms. The Bertz CT molecular complexity index is 2700. The van der Waals surface area contributed by atoms with E-state index >= 15 is 0 Å². The predicted octanol–water partition coefficient (Wildman–Crippen LogP) is 16.5. The molecule has 8 bridgehead atoms. The Kier molecular flexibility index (Phi) is 42.8. The molecule has 0 unspecified atom stereocenters. The van der Waals surface area contributed by atoms with Crippen LogP contribution in [-0.4, -0.2) is 124 Å². The van der Waals surface area contributed by atoms with Crippen molar-refractivity contribution in [3.8, 4) is 23.0 Å². The summed E-state index contributed by atoms with van der Waals surface area (Å²) < 4.78 is 51.6. The van der Waals surface area contributed by atoms with Crippen LogP contribution in [0.15, 0.2) is 97.1 Å². The number of hydrogen-bond donors (Lipinski definition) is 4. The third-order valence-corrected chi connectivity index (χ3v) is 18.0. The first-order chi connectivity index (χ1) is 48.6. The normalized spacial score (nSPS) is 11.6. The number of aliphatic hydroxyl groups is 4. The van der Waals surface area contributed by atoms with Crippen LogP contribution in [0.1, 0.15) is 256 Å². The maximum Gasteiger partial charge on any atom is 0.335 e. The standard InChI is InChI=1S/C84H120O16.CH4/c1-9-13-17-21-25-37-93-77-69-45-65(33-29-41-97-81(89)61(5)57-85)46-70(77)54-72-48-67(35-31-43-99-83(91)63(7)59-87)50-74(79(72)95-39-27-23-19-15-11-3)56-76-52-68(36-32-44-100-84(92)64(8)60-88)51-75(80(76)96-40-28-24-20-16-12-4)55-73-49-66(34-30-42-98-82(90)62(6)58-86)47-71(53-69)78(73)94-38-26-22-18-14-10-2;/h45-52,85-88H,5-44,53-60H2,1-4H3;1H4. The fourth-order valence-electron chi connectivity index (χ4n) is 12.4. The summed E-state index contributed by atoms with van der Waals surface area (Å²) in [5.41, 5.74) is 11.6. The number of fused-ring (bicyclic) bond motifs is 8. The maximum atomic E-state index is 12.8. The van der Waals surface area contributed by atoms with Crippen LogP contribution in [0.2, 0.25) is 0 Å². The van der Waals surface area contributed by atoms with Gasteiger partial charge in [-0.05, 0) is 144 Å². The van der Waals surface area contributed by atoms with Gasteiger partial charge in [-0.25, -0.2) is 19.2 Å². The maximum absolute atomic E-state index is 12.8. The van der Waals surface area contributed by atoms with Crippen LogP contribution in [0.4, 0.5) is 0 Å². The zero-order chi connectivity index (χ0) is 72.3. The fourth-order valence-corrected chi connectivity index (χ4v) is 12.4. The molecule has 0 fully saturated rings. The van der Waals surface area contributed by atoms with Gasteiger partial charge < -0.3 is 58.3 Å². The second-order valence-corrected chi connectivity index (χ2v) is 26.7. The van der Waals surface area contributed by atoms with Gasteiger partial charge in [-0.1, -0.05) is 213 Å². The number of carbonyl (C=O) groups is 4. The lowest BCUT2D eigenvalue weighted by Crippen LogP contribution is -2.13. The van der Waals surface area contributed by atoms with Crippen molar-refractivity contribution in [1.29, 1.82) is 0 Å². The zero-order valence-electron chi connectivity index (χ0n) is 61.2. The monoisotopic (exact) mass is 1400 g/mol. The molecule has 4 aromatic rings. The van der Waals surface area contributed by atoms with E-state index in [0.29, 0.717) is 103 Å². The van der Waals surface area contributed by atoms with E-state index in [-0.39, 0.29) is 56.1 Å². The van der Waals surface area contributed by atoms with Crippen LogP contribution in [0, 0.1) is 0 Å². The Morgan fingerprint density at radius 1 is 0.287 bits per heavy atom. The molecule has 4 N–H and O–H groups in total. The number of carbonyl (C=O) groups excluding carboxylic acids is 4. The van der Waals surface area contributed by atoms with E-state index in [1.54, 1.807) is 0 Å². The summed E-state index contributed by atoms with van der Waals surface area (Å²) in [6.07, 6.45) is 26.5. The lowest BCUT2D eigenvalue weighted by molar-refractivity contribution is -0.140. The van der Waals surface area contributed by atoms with Gasteiger partial charge in [-0.2, -0.15) is 0 Å². The van der Waals surface area contributed by atoms with Gasteiger partial charge >= 0.3 is 23.9 Å². The summed E-state index contributed by atoms with van der Waals surface area (Å²) in [4.78, 5) is 51.3. The average Bonchev–Trinajstić information content (AvgIpc) is 0.776. The Hall–Kier alpha value is -7.24. The summed E-state index contributed by atoms with van der Waals surface area (Å²) in [7, 11) is 0. The Balaban J connectivity index is 0.0000216. The Labute approximate surface area is 605 Å². The number of rotatable bonds is 52. The number of esters is 4. The fraction of sp³-hybridized carbons (Fsp3) is 0.576. The first kappa shape index (κ1) is 86.2. The van der Waals surface area contributed by atoms with Crippen molar-refractivity contribution < 1.29 is 77.5 Å². The van der Waals surface area contributed by atoms with Crippen LogP contribution in [0.5, 0.6) is 23.0 Å². The van der Waals surface area contributed by atoms with Gasteiger partial charge in [0.05, 0.1) is 102 Å². The van der Waals surface area contributed by atoms with Gasteiger partial charge in [-0.3, -0.25) is 0 Å². The molecule has 0 saturated heterocycles. The van der Waals surface area contributed by atoms with Gasteiger partial charge in [0, 0.05) is 25.7 Å². The van der Waals surface area contributed by atoms with E-state index in [0.717, 1.165) is 218 Å². The van der Waals surface area contributed by atoms with Crippen molar-refractivity contribution in [1.82, 2.24) is 0 Å². The molecule has 1 aliphatic rings. The van der Waals surface area contributed by atoms with E-state index in [1.165, 1.54) is 0 Å². The molecule has 101 heavy (non-hydrogen) atoms. The second-order valence-electron chi connectivity index (χ2n) is 26.7. The van der Waals surface area contributed by atoms with Gasteiger partial charge in [0.1, 0.15) is 23.0 Å². The van der Waals surface area contributed by atoms with Gasteiger partial charge in [0.15, 0.2) is 0 Å². The Morgan fingerprint density at radius 2 is 0.465 bits per heavy atom. The number of ether oxygens (including phenoxy) is 8. The van der Waals surface area contributed by atoms with Gasteiger partial charge in [-0.15, -0.1) is 0 Å². The van der Waals surface area contributed by atoms with Crippen molar-refractivity contribution in [3.05, 3.63) is 164 Å². The lowest BCUT2D eigenvalue weighted by Gasteiger charge is -2.25. The molecule has 0 amide bonds. The van der Waals surface area contributed by atoms with Crippen molar-refractivity contribution in [3.63, 3.8) is 0 Å². The average molecular weight is 1400 g/mol. The van der Waals surface area contributed by atoms with Crippen LogP contribution >= 0.6 is 0 Å². The summed E-state index contributed by atoms with van der Waals surface area (Å²) in [6, 6.07) is 17.8. The first-order valence-electron chi connectivity index (χ1n) is 37.5. The molecule has 0 spiro atoms. The number of hydrogen-bond acceptors (Lipinski definition) is 16. The van der Waals surface area contributed by atoms with Gasteiger partial charge in [0.25, 0.3) is 0 Å². The summed E-state index contributed by atoms with van der Waals surface area (Å²) in [6.45, 7) is 23.9. The molecule has 0 saturated carbocycles. The van der Waals surface area contributed by atoms with Crippen LogP contribution in [-0.2, 0) is 89.5 Å². The molecule has 560 valence electrons. The SMILES string of the molecule is C.C=C(CO)C(=O)OCCCc1cc2c(OCCCCCCC)c(c1)Cc1cc(CCCOC(=O)C(=C)CO)cc(c1OCCCCCCC)Cc1cc(CCCOC(=O)C(=C)CO)cc(c1OCCCCCCC)Cc1cc(CCCOC(=O)C(=C)CO)cc(c1OCCCCCCC)C2. The summed E-state index contributed by atoms with van der Waals surface area (Å²) in [5, 5.41) is 38.8. The van der Waals surface area contributed by atoms with Crippen LogP contribution in [0.3, 0.4) is 0 Å². The number of benzene rings is 4. The minimum atomic E-state index is -0.641. The topological polar surface area (TPSA) is 223 Å². The van der Waals surface area contributed by atoms with Gasteiger partial charge in [0.2, 0.25) is 0 Å². The largest absolute Gasteiger partial charge is 0.493 e. The molecule has 1 aliphatic carbocycles. The molecule has 16 nitrogen and oxygen atoms in total. The second kappa shape index (κ2) is 50.2. The molecular weight excluding hydrogens is 1280 g/mol. The van der Waals surface area contributed by atoms with E-state index in [2.05, 4.69) is 103 Å². The van der Waals surface area contributed by atoms with E-state index < -0.39 is 50.3 Å². The van der Waals surface area contributed by atoms with Crippen molar-refractivity contribution in [2.75, 3.05) is 79.3 Å². The minimum absolute atomic E-state index is 0. The van der Waals surface area contributed by atoms with Crippen molar-refractivity contribution in [2.45, 2.75) is 241 Å². The first-order valence-corrected chi connectivity index (χ1v) is 37.5. The zero-order valence-corrected chi connectivity index (χ0v) is 61.2. The summed E-state index contributed by atoms with van der Waals surface area (Å²) in [5.74, 6) is 0.527. The molecule has 0 atom stereocenters. The third-order valence-electron chi connectivity index (χ3n) is 18.0. The van der Waals surface area contributed by atoms with E-state index in [9.17, 15) is 39.6 Å². The lowest BCUT2D eigenvalue weighted by atomic mass is 9.87. The molecule has 0 heterocycles. The molecule has 0 radical (unpaired) electrons. The van der Waals surface area contributed by atoms with Crippen molar-refractivity contribution >= 4 is 23.9 Å². The number of aryl methyl sites for hydroxylation is 4. The molecule has 4 aromatic carbocycles. The highest BCUT2D eigenvalue weighted by atomic mass is 16.5. The highest BCUT2D eigenvalue weighted by molar-refractivity contribution is 5.89. The smallest absolute Gasteiger partial charge is 0.335 e. The predicted molar refractivity (Wildman–Crippen MR) is 403 cm³/mol. The van der Waals surface area contributed by atoms with Crippen molar-refractivity contribution in [2.24, 2.45) is 0 Å². The third kappa shape index (κ3) is 31.1. The highest BCUT2D eigenvalue weighted by Gasteiger charge is 2.26. The molecule has 5 rings (SSSR count). The number of unbranched alkanes of at least 4 members (excludes halogenated alkanes) is 16. The Morgan fingerprint density at radius 3 is 0.634 bits per heavy atom. The van der Waals surface area contributed by atoms with E-state index in [4.69, 9.17) is 37.9 Å². The molecule has 0 aromatic heterocycles. The van der Waals surface area contributed by atoms with Crippen LogP contribution in [0.25, 0.3) is 0 Å². The molecule has 0 aliphatic heterocycles. The molecular formula is C85H124O16.